The summed E-state index contributed by atoms with van der Waals surface area (Å²) in [5, 5.41) is 14.7. The first kappa shape index (κ1) is 20.4. The van der Waals surface area contributed by atoms with Gasteiger partial charge in [0.1, 0.15) is 18.8 Å². The van der Waals surface area contributed by atoms with Gasteiger partial charge in [-0.05, 0) is 23.8 Å². The van der Waals surface area contributed by atoms with Crippen molar-refractivity contribution in [2.75, 3.05) is 13.6 Å². The number of aromatic nitrogens is 4. The lowest BCUT2D eigenvalue weighted by molar-refractivity contribution is -0.138. The fourth-order valence-electron chi connectivity index (χ4n) is 3.82. The summed E-state index contributed by atoms with van der Waals surface area (Å²) in [4.78, 5) is 38.1. The number of likely N-dealkylation sites (N-methyl/N-ethyl adjacent to an activating group) is 1. The van der Waals surface area contributed by atoms with Crippen LogP contribution in [-0.2, 0) is 16.1 Å². The Morgan fingerprint density at radius 1 is 1.23 bits per heavy atom. The number of amides is 3. The molecule has 4 rings (SSSR count). The number of likely N-dealkylation sites (tertiary alicyclic amines) is 1. The van der Waals surface area contributed by atoms with Gasteiger partial charge in [0.25, 0.3) is 5.91 Å². The third-order valence-electron chi connectivity index (χ3n) is 5.31. The Hall–Kier alpha value is -3.89. The van der Waals surface area contributed by atoms with Crippen LogP contribution in [0.5, 0.6) is 0 Å². The average Bonchev–Trinajstić information content (AvgIpc) is 3.34. The molecular weight excluding hydrogens is 405 g/mol. The molecule has 0 unspecified atom stereocenters. The SMILES string of the molecule is CNC(=O)[C@@H]1C[C@@H](F)CN1C(=O)Cn1nc(C(N)=O)c2cc(-c3ccnnc3)ccc21. The Balaban J connectivity index is 1.69. The van der Waals surface area contributed by atoms with Crippen LogP contribution in [0.4, 0.5) is 4.39 Å². The second kappa shape index (κ2) is 8.09. The Kier molecular flexibility index (Phi) is 5.32. The van der Waals surface area contributed by atoms with Gasteiger partial charge in [-0.3, -0.25) is 19.1 Å². The maximum absolute atomic E-state index is 13.9. The zero-order valence-electron chi connectivity index (χ0n) is 16.7. The third-order valence-corrected chi connectivity index (χ3v) is 5.31. The smallest absolute Gasteiger partial charge is 0.269 e. The van der Waals surface area contributed by atoms with E-state index < -0.39 is 29.9 Å². The van der Waals surface area contributed by atoms with E-state index in [2.05, 4.69) is 20.6 Å². The van der Waals surface area contributed by atoms with Crippen LogP contribution in [-0.4, -0.2) is 68.4 Å². The first-order valence-electron chi connectivity index (χ1n) is 9.61. The van der Waals surface area contributed by atoms with Crippen LogP contribution in [0.2, 0.25) is 0 Å². The van der Waals surface area contributed by atoms with Crippen molar-refractivity contribution < 1.29 is 18.8 Å². The molecule has 11 heteroatoms. The Morgan fingerprint density at radius 2 is 2.03 bits per heavy atom. The van der Waals surface area contributed by atoms with Gasteiger partial charge in [0.2, 0.25) is 11.8 Å². The minimum absolute atomic E-state index is 0.0132. The number of carbonyl (C=O) groups excluding carboxylic acids is 3. The second-order valence-corrected chi connectivity index (χ2v) is 7.24. The molecule has 10 nitrogen and oxygen atoms in total. The van der Waals surface area contributed by atoms with Crippen molar-refractivity contribution in [2.24, 2.45) is 5.73 Å². The van der Waals surface area contributed by atoms with Crippen molar-refractivity contribution in [3.63, 3.8) is 0 Å². The standard InChI is InChI=1S/C20H20FN7O3/c1-23-20(31)16-7-13(21)9-27(16)17(29)10-28-15-3-2-11(12-4-5-24-25-8-12)6-14(15)18(26-28)19(22)30/h2-6,8,13,16H,7,9-10H2,1H3,(H2,22,30)(H,23,31)/t13-,16+/m1/s1. The molecule has 3 amide bonds. The summed E-state index contributed by atoms with van der Waals surface area (Å²) in [6.45, 7) is -0.432. The van der Waals surface area contributed by atoms with Crippen molar-refractivity contribution >= 4 is 28.6 Å². The van der Waals surface area contributed by atoms with Crippen molar-refractivity contribution in [1.29, 1.82) is 0 Å². The zero-order chi connectivity index (χ0) is 22.1. The highest BCUT2D eigenvalue weighted by atomic mass is 19.1. The Labute approximate surface area is 176 Å². The van der Waals surface area contributed by atoms with Crippen molar-refractivity contribution in [3.8, 4) is 11.1 Å². The molecule has 2 aromatic heterocycles. The number of carbonyl (C=O) groups is 3. The highest BCUT2D eigenvalue weighted by molar-refractivity contribution is 6.05. The van der Waals surface area contributed by atoms with Crippen molar-refractivity contribution in [1.82, 2.24) is 30.2 Å². The summed E-state index contributed by atoms with van der Waals surface area (Å²) >= 11 is 0. The number of halogens is 1. The zero-order valence-corrected chi connectivity index (χ0v) is 16.7. The number of nitrogens with two attached hydrogens (primary N) is 1. The molecule has 3 N–H and O–H groups in total. The van der Waals surface area contributed by atoms with Crippen molar-refractivity contribution in [3.05, 3.63) is 42.4 Å². The highest BCUT2D eigenvalue weighted by Crippen LogP contribution is 2.27. The lowest BCUT2D eigenvalue weighted by atomic mass is 10.0. The molecule has 0 radical (unpaired) electrons. The van der Waals surface area contributed by atoms with Gasteiger partial charge in [-0.1, -0.05) is 6.07 Å². The predicted molar refractivity (Wildman–Crippen MR) is 108 cm³/mol. The number of alkyl halides is 1. The minimum atomic E-state index is -1.28. The van der Waals surface area contributed by atoms with Crippen LogP contribution in [0.3, 0.4) is 0 Å². The number of benzene rings is 1. The fraction of sp³-hybridized carbons (Fsp3) is 0.300. The number of primary amides is 1. The van der Waals surface area contributed by atoms with Crippen LogP contribution in [0.15, 0.2) is 36.7 Å². The fourth-order valence-corrected chi connectivity index (χ4v) is 3.82. The molecule has 1 saturated heterocycles. The number of fused-ring (bicyclic) bond motifs is 1. The van der Waals surface area contributed by atoms with E-state index in [0.717, 1.165) is 11.1 Å². The van der Waals surface area contributed by atoms with Gasteiger partial charge in [0, 0.05) is 24.4 Å². The van der Waals surface area contributed by atoms with Gasteiger partial charge in [0.15, 0.2) is 5.69 Å². The van der Waals surface area contributed by atoms with E-state index in [0.29, 0.717) is 10.9 Å². The summed E-state index contributed by atoms with van der Waals surface area (Å²) in [5.74, 6) is -1.64. The first-order valence-corrected chi connectivity index (χ1v) is 9.61. The van der Waals surface area contributed by atoms with Gasteiger partial charge < -0.3 is 16.0 Å². The van der Waals surface area contributed by atoms with E-state index in [1.54, 1.807) is 36.7 Å². The van der Waals surface area contributed by atoms with E-state index in [1.807, 2.05) is 0 Å². The third kappa shape index (κ3) is 3.81. The molecule has 0 spiro atoms. The van der Waals surface area contributed by atoms with Crippen molar-refractivity contribution in [2.45, 2.75) is 25.2 Å². The van der Waals surface area contributed by atoms with E-state index in [9.17, 15) is 18.8 Å². The van der Waals surface area contributed by atoms with E-state index in [-0.39, 0.29) is 25.2 Å². The summed E-state index contributed by atoms with van der Waals surface area (Å²) in [6, 6.07) is 6.15. The molecule has 3 heterocycles. The lowest BCUT2D eigenvalue weighted by Crippen LogP contribution is -2.46. The van der Waals surface area contributed by atoms with Gasteiger partial charge in [-0.25, -0.2) is 4.39 Å². The van der Waals surface area contributed by atoms with Crippen LogP contribution in [0, 0.1) is 0 Å². The van der Waals surface area contributed by atoms with Gasteiger partial charge in [-0.2, -0.15) is 15.3 Å². The van der Waals surface area contributed by atoms with Crippen LogP contribution >= 0.6 is 0 Å². The molecule has 2 atom stereocenters. The van der Waals surface area contributed by atoms with E-state index >= 15 is 0 Å². The lowest BCUT2D eigenvalue weighted by Gasteiger charge is -2.23. The Morgan fingerprint density at radius 3 is 2.71 bits per heavy atom. The molecule has 1 aliphatic rings. The van der Waals surface area contributed by atoms with E-state index in [1.165, 1.54) is 16.6 Å². The minimum Gasteiger partial charge on any atom is -0.364 e. The Bertz CT molecular complexity index is 1160. The molecule has 1 aliphatic heterocycles. The van der Waals surface area contributed by atoms with Gasteiger partial charge in [-0.15, -0.1) is 0 Å². The molecule has 1 aromatic carbocycles. The highest BCUT2D eigenvalue weighted by Gasteiger charge is 2.39. The maximum atomic E-state index is 13.9. The van der Waals surface area contributed by atoms with Crippen LogP contribution in [0.1, 0.15) is 16.9 Å². The average molecular weight is 425 g/mol. The molecule has 3 aromatic rings. The molecule has 31 heavy (non-hydrogen) atoms. The summed E-state index contributed by atoms with van der Waals surface area (Å²) < 4.78 is 15.3. The largest absolute Gasteiger partial charge is 0.364 e. The first-order chi connectivity index (χ1) is 14.9. The molecule has 160 valence electrons. The number of hydrogen-bond donors (Lipinski definition) is 2. The summed E-state index contributed by atoms with van der Waals surface area (Å²) in [5.41, 5.74) is 7.59. The van der Waals surface area contributed by atoms with Crippen LogP contribution < -0.4 is 11.1 Å². The molecule has 1 fully saturated rings. The van der Waals surface area contributed by atoms with E-state index in [4.69, 9.17) is 5.73 Å². The van der Waals surface area contributed by atoms with Gasteiger partial charge >= 0.3 is 0 Å². The number of rotatable bonds is 5. The van der Waals surface area contributed by atoms with Gasteiger partial charge in [0.05, 0.1) is 24.5 Å². The monoisotopic (exact) mass is 425 g/mol. The number of nitrogens with one attached hydrogen (secondary N) is 1. The topological polar surface area (TPSA) is 136 Å². The number of nitrogens with zero attached hydrogens (tertiary/aromatic N) is 5. The summed E-state index contributed by atoms with van der Waals surface area (Å²) in [6.07, 6.45) is 1.80. The molecule has 0 saturated carbocycles. The quantitative estimate of drug-likeness (QED) is 0.603. The second-order valence-electron chi connectivity index (χ2n) is 7.24. The summed E-state index contributed by atoms with van der Waals surface area (Å²) in [7, 11) is 1.44. The molecule has 0 bridgehead atoms. The predicted octanol–water partition coefficient (Wildman–Crippen LogP) is 0.277. The van der Waals surface area contributed by atoms with Crippen LogP contribution in [0.25, 0.3) is 22.0 Å². The number of hydrogen-bond acceptors (Lipinski definition) is 6. The maximum Gasteiger partial charge on any atom is 0.269 e. The molecule has 0 aliphatic carbocycles. The normalized spacial score (nSPS) is 18.3. The molecular formula is C20H20FN7O3.